The maximum absolute atomic E-state index is 9.26. The molecule has 1 aliphatic heterocycles. The Bertz CT molecular complexity index is 1260. The fourth-order valence-corrected chi connectivity index (χ4v) is 3.83. The number of fused-ring (bicyclic) bond motifs is 2. The summed E-state index contributed by atoms with van der Waals surface area (Å²) in [5.74, 6) is 0. The van der Waals surface area contributed by atoms with Gasteiger partial charge in [-0.3, -0.25) is 0 Å². The first-order chi connectivity index (χ1) is 14.8. The van der Waals surface area contributed by atoms with E-state index in [4.69, 9.17) is 0 Å². The van der Waals surface area contributed by atoms with E-state index in [1.165, 1.54) is 0 Å². The minimum Gasteiger partial charge on any atom is -0.352 e. The molecule has 0 unspecified atom stereocenters. The molecule has 1 N–H and O–H groups in total. The zero-order valence-electron chi connectivity index (χ0n) is 16.0. The molecule has 0 amide bonds. The van der Waals surface area contributed by atoms with Crippen LogP contribution in [0.1, 0.15) is 11.1 Å². The second kappa shape index (κ2) is 7.13. The molecule has 4 nitrogen and oxygen atoms in total. The first-order valence-corrected chi connectivity index (χ1v) is 9.58. The predicted molar refractivity (Wildman–Crippen MR) is 119 cm³/mol. The number of rotatable bonds is 2. The van der Waals surface area contributed by atoms with Crippen LogP contribution in [0, 0.1) is 22.7 Å². The van der Waals surface area contributed by atoms with E-state index >= 15 is 0 Å². The Kier molecular flexibility index (Phi) is 4.17. The molecule has 0 aromatic heterocycles. The van der Waals surface area contributed by atoms with Crippen LogP contribution in [0.5, 0.6) is 0 Å². The molecule has 4 aromatic carbocycles. The third kappa shape index (κ3) is 2.94. The van der Waals surface area contributed by atoms with Crippen LogP contribution in [0.3, 0.4) is 0 Å². The Labute approximate surface area is 174 Å². The first kappa shape index (κ1) is 17.6. The van der Waals surface area contributed by atoms with Crippen molar-refractivity contribution in [2.45, 2.75) is 0 Å². The summed E-state index contributed by atoms with van der Waals surface area (Å²) in [5.41, 5.74) is 8.11. The minimum atomic E-state index is 0.484. The maximum atomic E-state index is 9.26. The van der Waals surface area contributed by atoms with E-state index in [0.717, 1.165) is 39.6 Å². The molecule has 0 saturated heterocycles. The summed E-state index contributed by atoms with van der Waals surface area (Å²) in [4.78, 5) is 2.23. The molecule has 140 valence electrons. The van der Waals surface area contributed by atoms with Gasteiger partial charge in [-0.25, -0.2) is 0 Å². The van der Waals surface area contributed by atoms with Gasteiger partial charge in [0.2, 0.25) is 0 Å². The normalized spacial score (nSPS) is 11.5. The SMILES string of the molecule is N#Cc1cc(C#N)cc(-c2ccc(N3c4ccccc4Nc4ccccc43)cc2)c1. The molecule has 1 aliphatic rings. The van der Waals surface area contributed by atoms with Crippen LogP contribution >= 0.6 is 0 Å². The monoisotopic (exact) mass is 384 g/mol. The van der Waals surface area contributed by atoms with Crippen LogP contribution in [0.4, 0.5) is 28.4 Å². The van der Waals surface area contributed by atoms with Gasteiger partial charge in [0.25, 0.3) is 0 Å². The van der Waals surface area contributed by atoms with Crippen molar-refractivity contribution < 1.29 is 0 Å². The molecule has 0 bridgehead atoms. The first-order valence-electron chi connectivity index (χ1n) is 9.58. The number of para-hydroxylation sites is 4. The number of nitrogens with one attached hydrogen (secondary N) is 1. The van der Waals surface area contributed by atoms with Crippen molar-refractivity contribution in [3.05, 3.63) is 102 Å². The molecule has 30 heavy (non-hydrogen) atoms. The average Bonchev–Trinajstić information content (AvgIpc) is 2.82. The second-order valence-electron chi connectivity index (χ2n) is 7.06. The molecule has 0 saturated carbocycles. The van der Waals surface area contributed by atoms with Crippen molar-refractivity contribution in [3.63, 3.8) is 0 Å². The lowest BCUT2D eigenvalue weighted by atomic mass is 10.00. The Morgan fingerprint density at radius 1 is 0.600 bits per heavy atom. The van der Waals surface area contributed by atoms with Gasteiger partial charge >= 0.3 is 0 Å². The van der Waals surface area contributed by atoms with Crippen LogP contribution < -0.4 is 10.2 Å². The van der Waals surface area contributed by atoms with Crippen LogP contribution in [-0.4, -0.2) is 0 Å². The molecule has 5 rings (SSSR count). The summed E-state index contributed by atoms with van der Waals surface area (Å²) < 4.78 is 0. The zero-order chi connectivity index (χ0) is 20.5. The van der Waals surface area contributed by atoms with Gasteiger partial charge in [0.05, 0.1) is 46.0 Å². The van der Waals surface area contributed by atoms with Gasteiger partial charge in [0, 0.05) is 5.69 Å². The standard InChI is InChI=1S/C26H16N4/c27-16-18-13-19(17-28)15-21(14-18)20-9-11-22(12-10-20)30-25-7-3-1-5-23(25)29-24-6-2-4-8-26(24)30/h1-15,29H. The highest BCUT2D eigenvalue weighted by Gasteiger charge is 2.23. The number of hydrogen-bond donors (Lipinski definition) is 1. The summed E-state index contributed by atoms with van der Waals surface area (Å²) in [5, 5.41) is 22.0. The topological polar surface area (TPSA) is 62.9 Å². The minimum absolute atomic E-state index is 0.484. The van der Waals surface area contributed by atoms with Crippen LogP contribution in [0.25, 0.3) is 11.1 Å². The summed E-state index contributed by atoms with van der Waals surface area (Å²) in [6.07, 6.45) is 0. The molecule has 0 atom stereocenters. The summed E-state index contributed by atoms with van der Waals surface area (Å²) in [6.45, 7) is 0. The number of hydrogen-bond acceptors (Lipinski definition) is 4. The van der Waals surface area contributed by atoms with Crippen molar-refractivity contribution in [1.29, 1.82) is 10.5 Å². The van der Waals surface area contributed by atoms with E-state index in [1.807, 2.05) is 48.5 Å². The fraction of sp³-hybridized carbons (Fsp3) is 0. The molecular formula is C26H16N4. The highest BCUT2D eigenvalue weighted by Crippen LogP contribution is 2.47. The molecule has 0 radical (unpaired) electrons. The van der Waals surface area contributed by atoms with E-state index in [2.05, 4.69) is 58.8 Å². The molecule has 0 spiro atoms. The van der Waals surface area contributed by atoms with Crippen molar-refractivity contribution in [2.75, 3.05) is 10.2 Å². The van der Waals surface area contributed by atoms with Crippen molar-refractivity contribution in [2.24, 2.45) is 0 Å². The van der Waals surface area contributed by atoms with Crippen LogP contribution in [0.2, 0.25) is 0 Å². The van der Waals surface area contributed by atoms with Crippen molar-refractivity contribution in [1.82, 2.24) is 0 Å². The summed E-state index contributed by atoms with van der Waals surface area (Å²) >= 11 is 0. The van der Waals surface area contributed by atoms with Gasteiger partial charge in [-0.15, -0.1) is 0 Å². The molecule has 4 heteroatoms. The van der Waals surface area contributed by atoms with E-state index in [9.17, 15) is 10.5 Å². The third-order valence-corrected chi connectivity index (χ3v) is 5.21. The lowest BCUT2D eigenvalue weighted by molar-refractivity contribution is 1.25. The van der Waals surface area contributed by atoms with Crippen LogP contribution in [-0.2, 0) is 0 Å². The Morgan fingerprint density at radius 2 is 1.13 bits per heavy atom. The molecule has 0 aliphatic carbocycles. The van der Waals surface area contributed by atoms with Gasteiger partial charge in [0.1, 0.15) is 0 Å². The van der Waals surface area contributed by atoms with Gasteiger partial charge in [-0.1, -0.05) is 36.4 Å². The largest absolute Gasteiger partial charge is 0.352 e. The zero-order valence-corrected chi connectivity index (χ0v) is 16.0. The number of nitrogens with zero attached hydrogens (tertiary/aromatic N) is 3. The van der Waals surface area contributed by atoms with Crippen molar-refractivity contribution in [3.8, 4) is 23.3 Å². The number of benzene rings is 4. The summed E-state index contributed by atoms with van der Waals surface area (Å²) in [6, 6.07) is 34.1. The lowest BCUT2D eigenvalue weighted by Crippen LogP contribution is -2.17. The average molecular weight is 384 g/mol. The number of anilines is 5. The van der Waals surface area contributed by atoms with Gasteiger partial charge in [-0.05, 0) is 65.7 Å². The Balaban J connectivity index is 1.60. The Hall–Kier alpha value is -4.54. The van der Waals surface area contributed by atoms with E-state index in [-0.39, 0.29) is 0 Å². The lowest BCUT2D eigenvalue weighted by Gasteiger charge is -2.34. The van der Waals surface area contributed by atoms with Gasteiger partial charge < -0.3 is 10.2 Å². The van der Waals surface area contributed by atoms with E-state index in [1.54, 1.807) is 6.07 Å². The predicted octanol–water partition coefficient (Wildman–Crippen LogP) is 6.62. The van der Waals surface area contributed by atoms with E-state index < -0.39 is 0 Å². The van der Waals surface area contributed by atoms with Crippen molar-refractivity contribution >= 4 is 28.4 Å². The summed E-state index contributed by atoms with van der Waals surface area (Å²) in [7, 11) is 0. The third-order valence-electron chi connectivity index (χ3n) is 5.21. The fourth-order valence-electron chi connectivity index (χ4n) is 3.83. The molecular weight excluding hydrogens is 368 g/mol. The van der Waals surface area contributed by atoms with Gasteiger partial charge in [-0.2, -0.15) is 10.5 Å². The highest BCUT2D eigenvalue weighted by molar-refractivity contribution is 5.96. The maximum Gasteiger partial charge on any atom is 0.0992 e. The highest BCUT2D eigenvalue weighted by atomic mass is 15.2. The molecule has 1 heterocycles. The molecule has 0 fully saturated rings. The van der Waals surface area contributed by atoms with Crippen LogP contribution in [0.15, 0.2) is 91.0 Å². The molecule has 4 aromatic rings. The van der Waals surface area contributed by atoms with Gasteiger partial charge in [0.15, 0.2) is 0 Å². The quantitative estimate of drug-likeness (QED) is 0.371. The Morgan fingerprint density at radius 3 is 1.67 bits per heavy atom. The smallest absolute Gasteiger partial charge is 0.0992 e. The van der Waals surface area contributed by atoms with E-state index in [0.29, 0.717) is 11.1 Å². The second-order valence-corrected chi connectivity index (χ2v) is 7.06. The number of nitriles is 2.